The number of ether oxygens (including phenoxy) is 2. The molecule has 7 heteroatoms. The molecular weight excluding hydrogens is 414 g/mol. The molecule has 1 saturated heterocycles. The molecule has 1 fully saturated rings. The van der Waals surface area contributed by atoms with Gasteiger partial charge in [-0.05, 0) is 35.9 Å². The predicted molar refractivity (Wildman–Crippen MR) is 123 cm³/mol. The number of carbonyl (C=O) groups is 1. The summed E-state index contributed by atoms with van der Waals surface area (Å²) < 4.78 is 12.8. The maximum Gasteiger partial charge on any atom is 0.257 e. The summed E-state index contributed by atoms with van der Waals surface area (Å²) in [6.07, 6.45) is 3.80. The number of nitrogens with zero attached hydrogens (tertiary/aromatic N) is 3. The van der Waals surface area contributed by atoms with Crippen molar-refractivity contribution in [3.63, 3.8) is 0 Å². The van der Waals surface area contributed by atoms with Crippen LogP contribution in [0.15, 0.2) is 60.9 Å². The predicted octanol–water partition coefficient (Wildman–Crippen LogP) is 4.25. The van der Waals surface area contributed by atoms with Crippen LogP contribution >= 0.6 is 11.6 Å². The first-order chi connectivity index (χ1) is 15.1. The summed E-state index contributed by atoms with van der Waals surface area (Å²) in [5, 5.41) is 0.489. The van der Waals surface area contributed by atoms with E-state index in [1.165, 1.54) is 5.69 Å². The molecule has 3 aromatic rings. The van der Waals surface area contributed by atoms with Crippen molar-refractivity contribution in [2.75, 3.05) is 45.4 Å². The minimum absolute atomic E-state index is 0.143. The number of halogens is 1. The number of hydrogen-bond donors (Lipinski definition) is 0. The summed E-state index contributed by atoms with van der Waals surface area (Å²) in [5.41, 5.74) is 3.44. The first-order valence-electron chi connectivity index (χ1n) is 10.2. The van der Waals surface area contributed by atoms with Gasteiger partial charge < -0.3 is 23.8 Å². The van der Waals surface area contributed by atoms with Crippen molar-refractivity contribution in [1.82, 2.24) is 9.47 Å². The molecule has 6 nitrogen and oxygen atoms in total. The average Bonchev–Trinajstić information content (AvgIpc) is 3.34. The Morgan fingerprint density at radius 2 is 1.81 bits per heavy atom. The van der Waals surface area contributed by atoms with Gasteiger partial charge in [0.25, 0.3) is 5.91 Å². The maximum absolute atomic E-state index is 13.2. The molecule has 1 aliphatic rings. The molecule has 1 amide bonds. The average molecular weight is 440 g/mol. The number of amides is 1. The summed E-state index contributed by atoms with van der Waals surface area (Å²) in [6, 6.07) is 15.6. The summed E-state index contributed by atoms with van der Waals surface area (Å²) in [4.78, 5) is 17.1. The van der Waals surface area contributed by atoms with E-state index < -0.39 is 0 Å². The lowest BCUT2D eigenvalue weighted by atomic mass is 10.1. The molecule has 0 radical (unpaired) electrons. The third-order valence-electron chi connectivity index (χ3n) is 5.46. The van der Waals surface area contributed by atoms with Crippen molar-refractivity contribution in [3.8, 4) is 11.4 Å². The number of carbonyl (C=O) groups excluding carboxylic acids is 1. The highest BCUT2D eigenvalue weighted by molar-refractivity contribution is 6.33. The summed E-state index contributed by atoms with van der Waals surface area (Å²) in [5.74, 6) is 0.350. The van der Waals surface area contributed by atoms with E-state index in [0.717, 1.165) is 37.6 Å². The number of benzene rings is 2. The molecule has 1 aliphatic heterocycles. The lowest BCUT2D eigenvalue weighted by Crippen LogP contribution is -2.36. The molecule has 0 saturated carbocycles. The second-order valence-corrected chi connectivity index (χ2v) is 7.93. The molecule has 2 heterocycles. The number of methoxy groups -OCH3 is 1. The van der Waals surface area contributed by atoms with E-state index in [4.69, 9.17) is 21.1 Å². The first kappa shape index (κ1) is 21.3. The summed E-state index contributed by atoms with van der Waals surface area (Å²) >= 11 is 6.49. The van der Waals surface area contributed by atoms with Crippen molar-refractivity contribution >= 4 is 23.2 Å². The number of anilines is 1. The fourth-order valence-corrected chi connectivity index (χ4v) is 4.02. The standard InChI is InChI=1S/C24H26ClN3O3/c1-26(17-18-5-7-19(8-6-18)27-11-13-31-14-12-27)24(29)20-15-21(25)22(16-23(20)30-2)28-9-3-4-10-28/h3-10,15-16H,11-14,17H2,1-2H3. The highest BCUT2D eigenvalue weighted by Crippen LogP contribution is 2.31. The zero-order valence-corrected chi connectivity index (χ0v) is 18.5. The second kappa shape index (κ2) is 9.45. The Hall–Kier alpha value is -2.96. The van der Waals surface area contributed by atoms with Gasteiger partial charge in [0, 0.05) is 50.8 Å². The molecule has 0 unspecified atom stereocenters. The van der Waals surface area contributed by atoms with Gasteiger partial charge in [-0.1, -0.05) is 23.7 Å². The Morgan fingerprint density at radius 3 is 2.45 bits per heavy atom. The lowest BCUT2D eigenvalue weighted by Gasteiger charge is -2.29. The summed E-state index contributed by atoms with van der Waals surface area (Å²) in [6.45, 7) is 3.80. The zero-order valence-electron chi connectivity index (χ0n) is 17.8. The van der Waals surface area contributed by atoms with Crippen LogP contribution in [0.25, 0.3) is 5.69 Å². The van der Waals surface area contributed by atoms with Crippen molar-refractivity contribution in [3.05, 3.63) is 77.1 Å². The van der Waals surface area contributed by atoms with Gasteiger partial charge in [-0.25, -0.2) is 0 Å². The van der Waals surface area contributed by atoms with Crippen molar-refractivity contribution in [2.24, 2.45) is 0 Å². The monoisotopic (exact) mass is 439 g/mol. The Balaban J connectivity index is 1.49. The molecule has 0 atom stereocenters. The third kappa shape index (κ3) is 4.70. The number of rotatable bonds is 6. The molecule has 162 valence electrons. The molecule has 0 N–H and O–H groups in total. The Morgan fingerprint density at radius 1 is 1.13 bits per heavy atom. The van der Waals surface area contributed by atoms with Crippen LogP contribution in [-0.4, -0.2) is 55.8 Å². The Bertz CT molecular complexity index is 1030. The van der Waals surface area contributed by atoms with Crippen LogP contribution in [0.2, 0.25) is 5.02 Å². The van der Waals surface area contributed by atoms with Gasteiger partial charge >= 0.3 is 0 Å². The molecule has 0 aliphatic carbocycles. The van der Waals surface area contributed by atoms with Crippen LogP contribution in [0.4, 0.5) is 5.69 Å². The quantitative estimate of drug-likeness (QED) is 0.576. The smallest absolute Gasteiger partial charge is 0.257 e. The van der Waals surface area contributed by atoms with Gasteiger partial charge in [-0.2, -0.15) is 0 Å². The van der Waals surface area contributed by atoms with Gasteiger partial charge in [-0.15, -0.1) is 0 Å². The fourth-order valence-electron chi connectivity index (χ4n) is 3.76. The fraction of sp³-hybridized carbons (Fsp3) is 0.292. The van der Waals surface area contributed by atoms with Crippen LogP contribution in [-0.2, 0) is 11.3 Å². The van der Waals surface area contributed by atoms with Crippen LogP contribution < -0.4 is 9.64 Å². The minimum Gasteiger partial charge on any atom is -0.496 e. The Kier molecular flexibility index (Phi) is 6.49. The van der Waals surface area contributed by atoms with E-state index in [0.29, 0.717) is 22.9 Å². The van der Waals surface area contributed by atoms with Gasteiger partial charge in [0.1, 0.15) is 5.75 Å². The maximum atomic E-state index is 13.2. The normalized spacial score (nSPS) is 13.8. The number of morpholine rings is 1. The van der Waals surface area contributed by atoms with Crippen LogP contribution in [0.1, 0.15) is 15.9 Å². The SMILES string of the molecule is COc1cc(-n2cccc2)c(Cl)cc1C(=O)N(C)Cc1ccc(N2CCOCC2)cc1. The largest absolute Gasteiger partial charge is 0.496 e. The van der Waals surface area contributed by atoms with E-state index >= 15 is 0 Å². The molecule has 1 aromatic heterocycles. The van der Waals surface area contributed by atoms with Gasteiger partial charge in [0.05, 0.1) is 36.6 Å². The Labute approximate surface area is 187 Å². The second-order valence-electron chi connectivity index (χ2n) is 7.52. The molecular formula is C24H26ClN3O3. The van der Waals surface area contributed by atoms with E-state index in [-0.39, 0.29) is 5.91 Å². The third-order valence-corrected chi connectivity index (χ3v) is 5.76. The zero-order chi connectivity index (χ0) is 21.8. The molecule has 0 bridgehead atoms. The highest BCUT2D eigenvalue weighted by atomic mass is 35.5. The van der Waals surface area contributed by atoms with E-state index in [1.54, 1.807) is 31.2 Å². The highest BCUT2D eigenvalue weighted by Gasteiger charge is 2.20. The van der Waals surface area contributed by atoms with Gasteiger partial charge in [0.2, 0.25) is 0 Å². The van der Waals surface area contributed by atoms with Crippen molar-refractivity contribution in [1.29, 1.82) is 0 Å². The van der Waals surface area contributed by atoms with Crippen molar-refractivity contribution < 1.29 is 14.3 Å². The van der Waals surface area contributed by atoms with Gasteiger partial charge in [-0.3, -0.25) is 4.79 Å². The van der Waals surface area contributed by atoms with Crippen LogP contribution in [0.3, 0.4) is 0 Å². The molecule has 2 aromatic carbocycles. The lowest BCUT2D eigenvalue weighted by molar-refractivity contribution is 0.0781. The molecule has 31 heavy (non-hydrogen) atoms. The van der Waals surface area contributed by atoms with E-state index in [9.17, 15) is 4.79 Å². The van der Waals surface area contributed by atoms with Crippen molar-refractivity contribution in [2.45, 2.75) is 6.54 Å². The van der Waals surface area contributed by atoms with Crippen LogP contribution in [0, 0.1) is 0 Å². The molecule has 0 spiro atoms. The van der Waals surface area contributed by atoms with Crippen LogP contribution in [0.5, 0.6) is 5.75 Å². The van der Waals surface area contributed by atoms with E-state index in [2.05, 4.69) is 29.2 Å². The van der Waals surface area contributed by atoms with Gasteiger partial charge in [0.15, 0.2) is 0 Å². The number of hydrogen-bond acceptors (Lipinski definition) is 4. The van der Waals surface area contributed by atoms with E-state index in [1.807, 2.05) is 29.1 Å². The topological polar surface area (TPSA) is 46.9 Å². The number of aromatic nitrogens is 1. The minimum atomic E-state index is -0.143. The summed E-state index contributed by atoms with van der Waals surface area (Å²) in [7, 11) is 3.34. The first-order valence-corrected chi connectivity index (χ1v) is 10.6. The molecule has 4 rings (SSSR count).